The molecule has 0 aliphatic heterocycles. The number of nitrogens with zero attached hydrogens (tertiary/aromatic N) is 3. The number of carbonyl (C=O) groups is 2. The minimum absolute atomic E-state index is 0.0912. The van der Waals surface area contributed by atoms with Crippen LogP contribution in [0.4, 0.5) is 5.69 Å². The molecule has 0 radical (unpaired) electrons. The number of thioether (sulfide) groups is 1. The molecule has 39 heavy (non-hydrogen) atoms. The summed E-state index contributed by atoms with van der Waals surface area (Å²) in [5, 5.41) is 3.53. The third kappa shape index (κ3) is 7.45. The van der Waals surface area contributed by atoms with E-state index in [9.17, 15) is 9.59 Å². The van der Waals surface area contributed by atoms with Crippen LogP contribution in [0.3, 0.4) is 0 Å². The van der Waals surface area contributed by atoms with Gasteiger partial charge in [0, 0.05) is 23.6 Å². The molecule has 3 aromatic carbocycles. The number of aryl methyl sites for hydroxylation is 3. The van der Waals surface area contributed by atoms with Crippen LogP contribution >= 0.6 is 11.8 Å². The first-order chi connectivity index (χ1) is 18.8. The summed E-state index contributed by atoms with van der Waals surface area (Å²) >= 11 is 1.27. The highest BCUT2D eigenvalue weighted by Gasteiger charge is 2.32. The summed E-state index contributed by atoms with van der Waals surface area (Å²) in [5.74, 6) is 0.286. The molecule has 1 atom stereocenters. The second-order valence-corrected chi connectivity index (χ2v) is 10.1. The molecular formula is C31H32N4O3S. The molecule has 0 bridgehead atoms. The summed E-state index contributed by atoms with van der Waals surface area (Å²) in [4.78, 5) is 38.4. The molecule has 4 aromatic rings. The van der Waals surface area contributed by atoms with E-state index in [2.05, 4.69) is 15.3 Å². The van der Waals surface area contributed by atoms with Crippen LogP contribution in [0.2, 0.25) is 0 Å². The van der Waals surface area contributed by atoms with Gasteiger partial charge in [-0.15, -0.1) is 0 Å². The fraction of sp³-hybridized carbons (Fsp3) is 0.226. The number of aromatic nitrogens is 2. The largest absolute Gasteiger partial charge is 0.497 e. The molecule has 200 valence electrons. The molecule has 0 spiro atoms. The lowest BCUT2D eigenvalue weighted by Crippen LogP contribution is -2.42. The molecule has 7 nitrogen and oxygen atoms in total. The van der Waals surface area contributed by atoms with E-state index in [1.54, 1.807) is 36.3 Å². The standard InChI is InChI=1S/C31H32N4O3S/c1-21-10-8-9-13-25(21)19-35(28(36)20-39-31-32-22(2)18-23(3)33-31)29(24-11-6-5-7-12-24)30(37)34-26-14-16-27(38-4)17-15-26/h5-18,29H,19-20H2,1-4H3,(H,34,37)/t29-/m0/s1. The molecule has 0 unspecified atom stereocenters. The van der Waals surface area contributed by atoms with Crippen molar-refractivity contribution in [3.05, 3.63) is 113 Å². The number of rotatable bonds is 10. The SMILES string of the molecule is COc1ccc(NC(=O)[C@H](c2ccccc2)N(Cc2ccccc2C)C(=O)CSc2nc(C)cc(C)n2)cc1. The first-order valence-corrected chi connectivity index (χ1v) is 13.6. The van der Waals surface area contributed by atoms with E-state index in [1.165, 1.54) is 11.8 Å². The van der Waals surface area contributed by atoms with Crippen LogP contribution in [0.15, 0.2) is 90.1 Å². The Morgan fingerprint density at radius 2 is 1.54 bits per heavy atom. The molecule has 0 aliphatic carbocycles. The van der Waals surface area contributed by atoms with E-state index >= 15 is 0 Å². The summed E-state index contributed by atoms with van der Waals surface area (Å²) in [5.41, 5.74) is 5.03. The summed E-state index contributed by atoms with van der Waals surface area (Å²) in [6.07, 6.45) is 0. The first kappa shape index (κ1) is 27.9. The topological polar surface area (TPSA) is 84.4 Å². The van der Waals surface area contributed by atoms with Gasteiger partial charge in [-0.2, -0.15) is 0 Å². The number of hydrogen-bond donors (Lipinski definition) is 1. The third-order valence-electron chi connectivity index (χ3n) is 6.24. The number of methoxy groups -OCH3 is 1. The van der Waals surface area contributed by atoms with E-state index < -0.39 is 6.04 Å². The van der Waals surface area contributed by atoms with Crippen molar-refractivity contribution in [3.63, 3.8) is 0 Å². The van der Waals surface area contributed by atoms with Gasteiger partial charge in [0.05, 0.1) is 12.9 Å². The highest BCUT2D eigenvalue weighted by Crippen LogP contribution is 2.28. The predicted molar refractivity (Wildman–Crippen MR) is 155 cm³/mol. The van der Waals surface area contributed by atoms with Crippen molar-refractivity contribution in [2.75, 3.05) is 18.2 Å². The Hall–Kier alpha value is -4.17. The van der Waals surface area contributed by atoms with E-state index in [0.717, 1.165) is 28.1 Å². The van der Waals surface area contributed by atoms with Crippen LogP contribution in [-0.4, -0.2) is 39.5 Å². The minimum atomic E-state index is -0.860. The second-order valence-electron chi connectivity index (χ2n) is 9.20. The van der Waals surface area contributed by atoms with E-state index in [4.69, 9.17) is 4.74 Å². The lowest BCUT2D eigenvalue weighted by Gasteiger charge is -2.32. The van der Waals surface area contributed by atoms with Crippen LogP contribution in [0.5, 0.6) is 5.75 Å². The number of amides is 2. The zero-order valence-electron chi connectivity index (χ0n) is 22.5. The number of carbonyl (C=O) groups excluding carboxylic acids is 2. The van der Waals surface area contributed by atoms with E-state index in [-0.39, 0.29) is 24.1 Å². The van der Waals surface area contributed by atoms with Crippen molar-refractivity contribution in [2.24, 2.45) is 0 Å². The Kier molecular flexibility index (Phi) is 9.33. The maximum absolute atomic E-state index is 13.9. The number of benzene rings is 3. The number of hydrogen-bond acceptors (Lipinski definition) is 6. The van der Waals surface area contributed by atoms with Gasteiger partial charge in [0.15, 0.2) is 5.16 Å². The predicted octanol–water partition coefficient (Wildman–Crippen LogP) is 5.91. The summed E-state index contributed by atoms with van der Waals surface area (Å²) in [7, 11) is 1.59. The minimum Gasteiger partial charge on any atom is -0.497 e. The fourth-order valence-electron chi connectivity index (χ4n) is 4.25. The Bertz CT molecular complexity index is 1410. The van der Waals surface area contributed by atoms with Crippen molar-refractivity contribution in [2.45, 2.75) is 38.5 Å². The van der Waals surface area contributed by atoms with Gasteiger partial charge in [-0.3, -0.25) is 9.59 Å². The zero-order chi connectivity index (χ0) is 27.8. The van der Waals surface area contributed by atoms with Crippen molar-refractivity contribution in [1.82, 2.24) is 14.9 Å². The normalized spacial score (nSPS) is 11.5. The monoisotopic (exact) mass is 540 g/mol. The molecule has 0 aliphatic rings. The number of anilines is 1. The molecule has 1 aromatic heterocycles. The molecule has 1 heterocycles. The Labute approximate surface area is 233 Å². The number of nitrogens with one attached hydrogen (secondary N) is 1. The van der Waals surface area contributed by atoms with Gasteiger partial charge >= 0.3 is 0 Å². The maximum Gasteiger partial charge on any atom is 0.251 e. The van der Waals surface area contributed by atoms with Gasteiger partial charge in [-0.25, -0.2) is 9.97 Å². The van der Waals surface area contributed by atoms with Crippen LogP contribution in [0.1, 0.15) is 34.1 Å². The summed E-state index contributed by atoms with van der Waals surface area (Å²) in [6.45, 7) is 6.08. The first-order valence-electron chi connectivity index (χ1n) is 12.6. The zero-order valence-corrected chi connectivity index (χ0v) is 23.4. The van der Waals surface area contributed by atoms with Gasteiger partial charge < -0.3 is 15.0 Å². The Morgan fingerprint density at radius 3 is 2.18 bits per heavy atom. The van der Waals surface area contributed by atoms with Crippen LogP contribution < -0.4 is 10.1 Å². The average Bonchev–Trinajstić information content (AvgIpc) is 2.93. The average molecular weight is 541 g/mol. The summed E-state index contributed by atoms with van der Waals surface area (Å²) < 4.78 is 5.24. The van der Waals surface area contributed by atoms with Crippen molar-refractivity contribution >= 4 is 29.3 Å². The molecule has 4 rings (SSSR count). The lowest BCUT2D eigenvalue weighted by atomic mass is 10.0. The van der Waals surface area contributed by atoms with Gasteiger partial charge in [-0.1, -0.05) is 66.4 Å². The van der Waals surface area contributed by atoms with E-state index in [1.807, 2.05) is 81.4 Å². The van der Waals surface area contributed by atoms with Gasteiger partial charge in [0.2, 0.25) is 5.91 Å². The maximum atomic E-state index is 13.9. The second kappa shape index (κ2) is 13.1. The molecule has 0 fully saturated rings. The fourth-order valence-corrected chi connectivity index (χ4v) is 5.09. The lowest BCUT2D eigenvalue weighted by molar-refractivity contribution is -0.137. The third-order valence-corrected chi connectivity index (χ3v) is 7.07. The molecular weight excluding hydrogens is 508 g/mol. The highest BCUT2D eigenvalue weighted by molar-refractivity contribution is 7.99. The summed E-state index contributed by atoms with van der Waals surface area (Å²) in [6, 6.07) is 25.4. The van der Waals surface area contributed by atoms with Crippen LogP contribution in [0, 0.1) is 20.8 Å². The van der Waals surface area contributed by atoms with Crippen molar-refractivity contribution < 1.29 is 14.3 Å². The van der Waals surface area contributed by atoms with Gasteiger partial charge in [0.1, 0.15) is 11.8 Å². The van der Waals surface area contributed by atoms with Crippen LogP contribution in [-0.2, 0) is 16.1 Å². The van der Waals surface area contributed by atoms with Gasteiger partial charge in [0.25, 0.3) is 5.91 Å². The number of ether oxygens (including phenoxy) is 1. The molecule has 2 amide bonds. The van der Waals surface area contributed by atoms with Crippen molar-refractivity contribution in [3.8, 4) is 5.75 Å². The van der Waals surface area contributed by atoms with Crippen molar-refractivity contribution in [1.29, 1.82) is 0 Å². The molecule has 1 N–H and O–H groups in total. The van der Waals surface area contributed by atoms with E-state index in [0.29, 0.717) is 16.6 Å². The molecule has 0 saturated carbocycles. The Balaban J connectivity index is 1.68. The Morgan fingerprint density at radius 1 is 0.897 bits per heavy atom. The smallest absolute Gasteiger partial charge is 0.251 e. The molecule has 0 saturated heterocycles. The quantitative estimate of drug-likeness (QED) is 0.199. The van der Waals surface area contributed by atoms with Crippen LogP contribution in [0.25, 0.3) is 0 Å². The van der Waals surface area contributed by atoms with Gasteiger partial charge in [-0.05, 0) is 67.8 Å². The highest BCUT2D eigenvalue weighted by atomic mass is 32.2. The molecule has 8 heteroatoms.